The maximum Gasteiger partial charge on any atom is 0.122 e. The van der Waals surface area contributed by atoms with E-state index in [0.29, 0.717) is 6.04 Å². The summed E-state index contributed by atoms with van der Waals surface area (Å²) >= 11 is 1.83. The van der Waals surface area contributed by atoms with Crippen LogP contribution in [0.15, 0.2) is 29.9 Å². The van der Waals surface area contributed by atoms with Crippen molar-refractivity contribution in [3.8, 4) is 0 Å². The van der Waals surface area contributed by atoms with Gasteiger partial charge in [0, 0.05) is 44.0 Å². The second kappa shape index (κ2) is 7.17. The lowest BCUT2D eigenvalue weighted by molar-refractivity contribution is 0.0168. The zero-order valence-electron chi connectivity index (χ0n) is 12.4. The van der Waals surface area contributed by atoms with Crippen molar-refractivity contribution < 1.29 is 4.74 Å². The van der Waals surface area contributed by atoms with Gasteiger partial charge in [0.05, 0.1) is 25.8 Å². The summed E-state index contributed by atoms with van der Waals surface area (Å²) in [6, 6.07) is 4.79. The Labute approximate surface area is 129 Å². The summed E-state index contributed by atoms with van der Waals surface area (Å²) in [5, 5.41) is 5.71. The van der Waals surface area contributed by atoms with Crippen LogP contribution in [0.3, 0.4) is 0 Å². The van der Waals surface area contributed by atoms with Crippen LogP contribution in [0.2, 0.25) is 0 Å². The Hall–Kier alpha value is -1.21. The lowest BCUT2D eigenvalue weighted by atomic mass is 10.2. The summed E-state index contributed by atoms with van der Waals surface area (Å²) in [6.45, 7) is 5.42. The van der Waals surface area contributed by atoms with Gasteiger partial charge in [-0.2, -0.15) is 0 Å². The van der Waals surface area contributed by atoms with E-state index in [2.05, 4.69) is 37.3 Å². The second-order valence-corrected chi connectivity index (χ2v) is 6.24. The molecule has 2 aromatic rings. The molecule has 114 valence electrons. The van der Waals surface area contributed by atoms with Crippen LogP contribution >= 0.6 is 11.3 Å². The predicted molar refractivity (Wildman–Crippen MR) is 84.4 cm³/mol. The smallest absolute Gasteiger partial charge is 0.122 e. The Bertz CT molecular complexity index is 534. The summed E-state index contributed by atoms with van der Waals surface area (Å²) in [5.74, 6) is 1.07. The highest BCUT2D eigenvalue weighted by atomic mass is 32.1. The van der Waals surface area contributed by atoms with Crippen LogP contribution < -0.4 is 5.32 Å². The number of hydrogen-bond donors (Lipinski definition) is 1. The minimum atomic E-state index is 0.425. The Morgan fingerprint density at radius 2 is 2.29 bits per heavy atom. The van der Waals surface area contributed by atoms with Crippen LogP contribution in [-0.2, 0) is 18.3 Å². The summed E-state index contributed by atoms with van der Waals surface area (Å²) in [5.41, 5.74) is 0. The second-order valence-electron chi connectivity index (χ2n) is 5.26. The van der Waals surface area contributed by atoms with E-state index in [1.165, 1.54) is 4.88 Å². The molecule has 21 heavy (non-hydrogen) atoms. The fourth-order valence-electron chi connectivity index (χ4n) is 2.67. The van der Waals surface area contributed by atoms with Gasteiger partial charge in [-0.1, -0.05) is 6.07 Å². The molecule has 1 unspecified atom stereocenters. The summed E-state index contributed by atoms with van der Waals surface area (Å²) in [7, 11) is 2.03. The van der Waals surface area contributed by atoms with E-state index in [-0.39, 0.29) is 0 Å². The molecule has 5 nitrogen and oxygen atoms in total. The number of nitrogens with one attached hydrogen (secondary N) is 1. The van der Waals surface area contributed by atoms with E-state index in [9.17, 15) is 0 Å². The highest BCUT2D eigenvalue weighted by Crippen LogP contribution is 2.25. The first-order chi connectivity index (χ1) is 10.3. The Balaban J connectivity index is 1.61. The molecular weight excluding hydrogens is 284 g/mol. The Kier molecular flexibility index (Phi) is 5.03. The molecule has 1 N–H and O–H groups in total. The molecule has 1 saturated heterocycles. The van der Waals surface area contributed by atoms with Gasteiger partial charge < -0.3 is 14.6 Å². The maximum atomic E-state index is 5.47. The molecule has 1 aliphatic rings. The zero-order chi connectivity index (χ0) is 14.5. The molecule has 1 atom stereocenters. The van der Waals surface area contributed by atoms with Gasteiger partial charge in [0.1, 0.15) is 5.82 Å². The zero-order valence-corrected chi connectivity index (χ0v) is 13.2. The quantitative estimate of drug-likeness (QED) is 0.881. The molecular formula is C15H22N4OS. The Morgan fingerprint density at radius 3 is 2.95 bits per heavy atom. The van der Waals surface area contributed by atoms with Gasteiger partial charge in [-0.25, -0.2) is 4.98 Å². The van der Waals surface area contributed by atoms with Crippen molar-refractivity contribution in [2.45, 2.75) is 12.6 Å². The molecule has 0 bridgehead atoms. The average molecular weight is 306 g/mol. The normalized spacial score (nSPS) is 18.0. The van der Waals surface area contributed by atoms with Crippen molar-refractivity contribution in [2.24, 2.45) is 7.05 Å². The van der Waals surface area contributed by atoms with Gasteiger partial charge in [0.25, 0.3) is 0 Å². The minimum Gasteiger partial charge on any atom is -0.379 e. The van der Waals surface area contributed by atoms with Gasteiger partial charge in [-0.15, -0.1) is 11.3 Å². The van der Waals surface area contributed by atoms with E-state index >= 15 is 0 Å². The van der Waals surface area contributed by atoms with Crippen LogP contribution in [0.5, 0.6) is 0 Å². The van der Waals surface area contributed by atoms with Crippen LogP contribution in [0.25, 0.3) is 0 Å². The van der Waals surface area contributed by atoms with Crippen molar-refractivity contribution in [1.82, 2.24) is 19.8 Å². The fourth-order valence-corrected chi connectivity index (χ4v) is 3.53. The summed E-state index contributed by atoms with van der Waals surface area (Å²) in [4.78, 5) is 8.29. The number of rotatable bonds is 6. The molecule has 2 aromatic heterocycles. The molecule has 1 aliphatic heterocycles. The number of aromatic nitrogens is 2. The number of morpholine rings is 1. The molecule has 1 fully saturated rings. The van der Waals surface area contributed by atoms with E-state index in [1.54, 1.807) is 0 Å². The number of ether oxygens (including phenoxy) is 1. The first-order valence-corrected chi connectivity index (χ1v) is 8.24. The highest BCUT2D eigenvalue weighted by Gasteiger charge is 2.23. The van der Waals surface area contributed by atoms with Crippen molar-refractivity contribution in [3.63, 3.8) is 0 Å². The minimum absolute atomic E-state index is 0.425. The molecule has 0 spiro atoms. The van der Waals surface area contributed by atoms with E-state index < -0.39 is 0 Å². The van der Waals surface area contributed by atoms with Crippen molar-refractivity contribution in [2.75, 3.05) is 32.8 Å². The topological polar surface area (TPSA) is 42.3 Å². The lowest BCUT2D eigenvalue weighted by Gasteiger charge is -2.34. The first kappa shape index (κ1) is 14.7. The third kappa shape index (κ3) is 3.71. The van der Waals surface area contributed by atoms with Gasteiger partial charge >= 0.3 is 0 Å². The highest BCUT2D eigenvalue weighted by molar-refractivity contribution is 7.10. The lowest BCUT2D eigenvalue weighted by Crippen LogP contribution is -2.42. The largest absolute Gasteiger partial charge is 0.379 e. The molecule has 0 aliphatic carbocycles. The molecule has 0 amide bonds. The fraction of sp³-hybridized carbons (Fsp3) is 0.533. The van der Waals surface area contributed by atoms with E-state index in [0.717, 1.165) is 45.2 Å². The summed E-state index contributed by atoms with van der Waals surface area (Å²) in [6.07, 6.45) is 3.82. The molecule has 0 saturated carbocycles. The van der Waals surface area contributed by atoms with Crippen molar-refractivity contribution in [1.29, 1.82) is 0 Å². The van der Waals surface area contributed by atoms with Crippen LogP contribution in [0, 0.1) is 0 Å². The van der Waals surface area contributed by atoms with Gasteiger partial charge in [0.15, 0.2) is 0 Å². The Morgan fingerprint density at radius 1 is 1.43 bits per heavy atom. The van der Waals surface area contributed by atoms with Crippen molar-refractivity contribution in [3.05, 3.63) is 40.6 Å². The predicted octanol–water partition coefficient (Wildman–Crippen LogP) is 1.64. The van der Waals surface area contributed by atoms with Gasteiger partial charge in [-0.3, -0.25) is 4.90 Å². The van der Waals surface area contributed by atoms with Crippen LogP contribution in [0.4, 0.5) is 0 Å². The molecule has 0 aromatic carbocycles. The molecule has 0 radical (unpaired) electrons. The third-order valence-corrected chi connectivity index (χ3v) is 4.87. The third-order valence-electron chi connectivity index (χ3n) is 3.90. The number of aryl methyl sites for hydroxylation is 1. The van der Waals surface area contributed by atoms with E-state index in [4.69, 9.17) is 4.74 Å². The number of nitrogens with zero attached hydrogens (tertiary/aromatic N) is 3. The maximum absolute atomic E-state index is 5.47. The monoisotopic (exact) mass is 306 g/mol. The van der Waals surface area contributed by atoms with Gasteiger partial charge in [-0.05, 0) is 11.4 Å². The summed E-state index contributed by atoms with van der Waals surface area (Å²) < 4.78 is 7.53. The van der Waals surface area contributed by atoms with E-state index in [1.807, 2.05) is 30.8 Å². The van der Waals surface area contributed by atoms with Gasteiger partial charge in [0.2, 0.25) is 0 Å². The molecule has 3 rings (SSSR count). The first-order valence-electron chi connectivity index (χ1n) is 7.36. The standard InChI is InChI=1S/C15H22N4OS/c1-18-5-4-17-15(18)12-16-11-13(14-3-2-10-21-14)19-6-8-20-9-7-19/h2-5,10,13,16H,6-9,11-12H2,1H3. The SMILES string of the molecule is Cn1ccnc1CNCC(c1cccs1)N1CCOCC1. The van der Waals surface area contributed by atoms with Crippen LogP contribution in [-0.4, -0.2) is 47.3 Å². The number of hydrogen-bond acceptors (Lipinski definition) is 5. The van der Waals surface area contributed by atoms with Crippen LogP contribution in [0.1, 0.15) is 16.7 Å². The average Bonchev–Trinajstić information content (AvgIpc) is 3.17. The number of imidazole rings is 1. The van der Waals surface area contributed by atoms with Crippen molar-refractivity contribution >= 4 is 11.3 Å². The molecule has 6 heteroatoms. The molecule has 3 heterocycles. The number of thiophene rings is 1.